The van der Waals surface area contributed by atoms with Gasteiger partial charge in [-0.1, -0.05) is 11.6 Å². The van der Waals surface area contributed by atoms with Gasteiger partial charge in [-0.3, -0.25) is 0 Å². The Hall–Kier alpha value is -2.27. The maximum Gasteiger partial charge on any atom is 0.231 e. The zero-order chi connectivity index (χ0) is 14.3. The van der Waals surface area contributed by atoms with Crippen molar-refractivity contribution in [1.82, 2.24) is 4.98 Å². The molecule has 2 N–H and O–H groups in total. The Balaban J connectivity index is 2.22. The van der Waals surface area contributed by atoms with E-state index in [-0.39, 0.29) is 5.02 Å². The number of ether oxygens (including phenoxy) is 1. The Morgan fingerprint density at radius 1 is 1.30 bits per heavy atom. The van der Waals surface area contributed by atoms with Gasteiger partial charge in [0.15, 0.2) is 5.58 Å². The molecule has 6 heteroatoms. The minimum Gasteiger partial charge on any atom is -0.496 e. The topological polar surface area (TPSA) is 61.3 Å². The van der Waals surface area contributed by atoms with Crippen molar-refractivity contribution in [2.75, 3.05) is 12.8 Å². The summed E-state index contributed by atoms with van der Waals surface area (Å²) in [6.45, 7) is 0. The number of nitrogen functional groups attached to an aromatic ring is 1. The fraction of sp³-hybridized carbons (Fsp3) is 0.0714. The highest BCUT2D eigenvalue weighted by atomic mass is 35.5. The second kappa shape index (κ2) is 4.68. The Morgan fingerprint density at radius 3 is 2.85 bits per heavy atom. The molecule has 0 atom stereocenters. The molecule has 20 heavy (non-hydrogen) atoms. The van der Waals surface area contributed by atoms with Crippen LogP contribution in [0, 0.1) is 5.82 Å². The van der Waals surface area contributed by atoms with E-state index in [1.165, 1.54) is 19.2 Å². The minimum atomic E-state index is -0.466. The third kappa shape index (κ3) is 2.06. The van der Waals surface area contributed by atoms with Gasteiger partial charge in [0.2, 0.25) is 5.89 Å². The zero-order valence-electron chi connectivity index (χ0n) is 10.5. The number of rotatable bonds is 2. The number of oxazole rings is 1. The molecule has 0 aliphatic rings. The van der Waals surface area contributed by atoms with Crippen LogP contribution in [-0.2, 0) is 0 Å². The van der Waals surface area contributed by atoms with Crippen molar-refractivity contribution in [2.24, 2.45) is 0 Å². The zero-order valence-corrected chi connectivity index (χ0v) is 11.2. The standard InChI is InChI=1S/C14H10ClFN2O2/c1-19-12-6-8(17)2-3-9(12)14-18-11-5-7(16)4-10(15)13(11)20-14/h2-6H,17H2,1H3. The Bertz CT molecular complexity index is 801. The van der Waals surface area contributed by atoms with Crippen LogP contribution in [0.1, 0.15) is 0 Å². The molecule has 0 saturated heterocycles. The predicted octanol–water partition coefficient (Wildman–Crippen LogP) is 3.88. The lowest BCUT2D eigenvalue weighted by Gasteiger charge is -2.05. The average molecular weight is 293 g/mol. The lowest BCUT2D eigenvalue weighted by molar-refractivity contribution is 0.415. The van der Waals surface area contributed by atoms with E-state index in [9.17, 15) is 4.39 Å². The first-order chi connectivity index (χ1) is 9.58. The summed E-state index contributed by atoms with van der Waals surface area (Å²) in [5.41, 5.74) is 7.57. The summed E-state index contributed by atoms with van der Waals surface area (Å²) in [6.07, 6.45) is 0. The van der Waals surface area contributed by atoms with E-state index in [1.807, 2.05) is 0 Å². The Kier molecular flexibility index (Phi) is 2.99. The van der Waals surface area contributed by atoms with Crippen molar-refractivity contribution in [3.8, 4) is 17.2 Å². The van der Waals surface area contributed by atoms with Gasteiger partial charge in [-0.25, -0.2) is 9.37 Å². The highest BCUT2D eigenvalue weighted by molar-refractivity contribution is 6.34. The Morgan fingerprint density at radius 2 is 2.10 bits per heavy atom. The lowest BCUT2D eigenvalue weighted by atomic mass is 10.2. The quantitative estimate of drug-likeness (QED) is 0.728. The molecule has 1 heterocycles. The van der Waals surface area contributed by atoms with Crippen LogP contribution in [-0.4, -0.2) is 12.1 Å². The van der Waals surface area contributed by atoms with Gasteiger partial charge in [-0.2, -0.15) is 0 Å². The van der Waals surface area contributed by atoms with Gasteiger partial charge < -0.3 is 14.9 Å². The van der Waals surface area contributed by atoms with Crippen LogP contribution in [0.2, 0.25) is 5.02 Å². The van der Waals surface area contributed by atoms with Crippen LogP contribution >= 0.6 is 11.6 Å². The van der Waals surface area contributed by atoms with E-state index in [2.05, 4.69) is 4.98 Å². The van der Waals surface area contributed by atoms with Crippen molar-refractivity contribution in [3.05, 3.63) is 41.2 Å². The molecule has 0 bridgehead atoms. The summed E-state index contributed by atoms with van der Waals surface area (Å²) in [4.78, 5) is 4.23. The van der Waals surface area contributed by atoms with Crippen LogP contribution in [0.25, 0.3) is 22.6 Å². The number of fused-ring (bicyclic) bond motifs is 1. The van der Waals surface area contributed by atoms with Gasteiger partial charge in [-0.05, 0) is 18.2 Å². The number of methoxy groups -OCH3 is 1. The highest BCUT2D eigenvalue weighted by Gasteiger charge is 2.16. The summed E-state index contributed by atoms with van der Waals surface area (Å²) in [7, 11) is 1.52. The molecule has 0 aliphatic heterocycles. The van der Waals surface area contributed by atoms with Crippen molar-refractivity contribution in [2.45, 2.75) is 0 Å². The monoisotopic (exact) mass is 292 g/mol. The molecule has 3 aromatic rings. The number of nitrogens with two attached hydrogens (primary N) is 1. The largest absolute Gasteiger partial charge is 0.496 e. The van der Waals surface area contributed by atoms with Crippen LogP contribution in [0.15, 0.2) is 34.7 Å². The smallest absolute Gasteiger partial charge is 0.231 e. The lowest BCUT2D eigenvalue weighted by Crippen LogP contribution is -1.91. The summed E-state index contributed by atoms with van der Waals surface area (Å²) in [6, 6.07) is 7.53. The molecule has 0 spiro atoms. The molecule has 0 amide bonds. The number of aromatic nitrogens is 1. The van der Waals surface area contributed by atoms with Crippen molar-refractivity contribution in [3.63, 3.8) is 0 Å². The predicted molar refractivity (Wildman–Crippen MR) is 75.4 cm³/mol. The maximum absolute atomic E-state index is 13.3. The first-order valence-corrected chi connectivity index (χ1v) is 6.16. The van der Waals surface area contributed by atoms with E-state index in [4.69, 9.17) is 26.5 Å². The normalized spacial score (nSPS) is 10.9. The number of hydrogen-bond donors (Lipinski definition) is 1. The van der Waals surface area contributed by atoms with Crippen LogP contribution < -0.4 is 10.5 Å². The summed E-state index contributed by atoms with van der Waals surface area (Å²) >= 11 is 5.94. The number of benzene rings is 2. The van der Waals surface area contributed by atoms with E-state index in [0.29, 0.717) is 34.0 Å². The number of hydrogen-bond acceptors (Lipinski definition) is 4. The van der Waals surface area contributed by atoms with E-state index < -0.39 is 5.82 Å². The SMILES string of the molecule is COc1cc(N)ccc1-c1nc2cc(F)cc(Cl)c2o1. The molecule has 0 radical (unpaired) electrons. The third-order valence-electron chi connectivity index (χ3n) is 2.87. The van der Waals surface area contributed by atoms with E-state index in [0.717, 1.165) is 0 Å². The molecular weight excluding hydrogens is 283 g/mol. The van der Waals surface area contributed by atoms with Crippen molar-refractivity contribution < 1.29 is 13.5 Å². The Labute approximate surface area is 118 Å². The van der Waals surface area contributed by atoms with Gasteiger partial charge in [-0.15, -0.1) is 0 Å². The van der Waals surface area contributed by atoms with E-state index >= 15 is 0 Å². The number of nitrogens with zero attached hydrogens (tertiary/aromatic N) is 1. The molecule has 0 unspecified atom stereocenters. The maximum atomic E-state index is 13.3. The van der Waals surface area contributed by atoms with Gasteiger partial charge in [0.05, 0.1) is 17.7 Å². The molecule has 2 aromatic carbocycles. The van der Waals surface area contributed by atoms with Crippen LogP contribution in [0.5, 0.6) is 5.75 Å². The molecule has 0 saturated carbocycles. The van der Waals surface area contributed by atoms with Gasteiger partial charge in [0.25, 0.3) is 0 Å². The molecule has 0 aliphatic carbocycles. The summed E-state index contributed by atoms with van der Waals surface area (Å²) in [5.74, 6) is 0.351. The first kappa shape index (κ1) is 12.7. The minimum absolute atomic E-state index is 0.174. The molecule has 4 nitrogen and oxygen atoms in total. The van der Waals surface area contributed by atoms with Gasteiger partial charge in [0.1, 0.15) is 17.1 Å². The molecule has 102 valence electrons. The molecule has 0 fully saturated rings. The molecule has 1 aromatic heterocycles. The fourth-order valence-corrected chi connectivity index (χ4v) is 2.20. The third-order valence-corrected chi connectivity index (χ3v) is 3.15. The average Bonchev–Trinajstić information content (AvgIpc) is 2.82. The molecular formula is C14H10ClFN2O2. The fourth-order valence-electron chi connectivity index (χ4n) is 1.96. The number of anilines is 1. The van der Waals surface area contributed by atoms with Crippen LogP contribution in [0.4, 0.5) is 10.1 Å². The van der Waals surface area contributed by atoms with Crippen molar-refractivity contribution in [1.29, 1.82) is 0 Å². The number of halogens is 2. The highest BCUT2D eigenvalue weighted by Crippen LogP contribution is 2.35. The first-order valence-electron chi connectivity index (χ1n) is 5.78. The summed E-state index contributed by atoms with van der Waals surface area (Å²) < 4.78 is 24.1. The van der Waals surface area contributed by atoms with Crippen LogP contribution in [0.3, 0.4) is 0 Å². The second-order valence-corrected chi connectivity index (χ2v) is 4.62. The van der Waals surface area contributed by atoms with Gasteiger partial charge in [0, 0.05) is 17.8 Å². The molecule has 3 rings (SSSR count). The van der Waals surface area contributed by atoms with E-state index in [1.54, 1.807) is 18.2 Å². The van der Waals surface area contributed by atoms with Crippen molar-refractivity contribution >= 4 is 28.4 Å². The van der Waals surface area contributed by atoms with Gasteiger partial charge >= 0.3 is 0 Å². The second-order valence-electron chi connectivity index (χ2n) is 4.21. The summed E-state index contributed by atoms with van der Waals surface area (Å²) in [5, 5.41) is 0.174.